The summed E-state index contributed by atoms with van der Waals surface area (Å²) in [7, 11) is 0. The molecule has 0 unspecified atom stereocenters. The van der Waals surface area contributed by atoms with Crippen molar-refractivity contribution in [1.29, 1.82) is 0 Å². The molecular weight excluding hydrogens is 198 g/mol. The second-order valence-corrected chi connectivity index (χ2v) is 2.95. The van der Waals surface area contributed by atoms with Crippen LogP contribution in [-0.4, -0.2) is 48.2 Å². The number of likely N-dealkylation sites (N-methyl/N-ethyl adjacent to an activating group) is 1. The minimum absolute atomic E-state index is 0.0786. The lowest BCUT2D eigenvalue weighted by molar-refractivity contribution is -0.135. The van der Waals surface area contributed by atoms with E-state index in [0.717, 1.165) is 0 Å². The average Bonchev–Trinajstić information content (AvgIpc) is 2.26. The second-order valence-electron chi connectivity index (χ2n) is 2.95. The molecule has 0 atom stereocenters. The number of amides is 1. The summed E-state index contributed by atoms with van der Waals surface area (Å²) in [5, 5.41) is 11.2. The number of amidine groups is 1. The molecule has 0 aliphatic heterocycles. The summed E-state index contributed by atoms with van der Waals surface area (Å²) in [4.78, 5) is 13.1. The van der Waals surface area contributed by atoms with Gasteiger partial charge in [0.15, 0.2) is 0 Å². The van der Waals surface area contributed by atoms with Crippen LogP contribution in [0.1, 0.15) is 20.3 Å². The highest BCUT2D eigenvalue weighted by Gasteiger charge is 2.11. The van der Waals surface area contributed by atoms with E-state index in [0.29, 0.717) is 26.1 Å². The van der Waals surface area contributed by atoms with Crippen LogP contribution in [0.25, 0.3) is 0 Å². The first-order valence-corrected chi connectivity index (χ1v) is 4.97. The molecule has 88 valence electrons. The fraction of sp³-hybridized carbons (Fsp3) is 0.778. The summed E-state index contributed by atoms with van der Waals surface area (Å²) in [6.07, 6.45) is 0.363. The van der Waals surface area contributed by atoms with Gasteiger partial charge in [0.2, 0.25) is 5.91 Å². The highest BCUT2D eigenvalue weighted by Crippen LogP contribution is 1.94. The predicted octanol–water partition coefficient (Wildman–Crippen LogP) is 0.00790. The Morgan fingerprint density at radius 1 is 1.53 bits per heavy atom. The Bertz CT molecular complexity index is 219. The number of nitrogens with two attached hydrogens (primary N) is 1. The number of hydrogen-bond donors (Lipinski definition) is 2. The number of carbonyl (C=O) groups excluding carboxylic acids is 1. The zero-order valence-corrected chi connectivity index (χ0v) is 9.27. The topological polar surface area (TPSA) is 88.2 Å². The summed E-state index contributed by atoms with van der Waals surface area (Å²) in [6, 6.07) is 0. The molecule has 6 nitrogen and oxygen atoms in total. The van der Waals surface area contributed by atoms with E-state index in [9.17, 15) is 4.79 Å². The lowest BCUT2D eigenvalue weighted by Crippen LogP contribution is -2.36. The van der Waals surface area contributed by atoms with Crippen LogP contribution in [0.15, 0.2) is 5.16 Å². The minimum atomic E-state index is -0.0786. The van der Waals surface area contributed by atoms with E-state index in [2.05, 4.69) is 5.16 Å². The number of nitrogens with zero attached hydrogens (tertiary/aromatic N) is 2. The molecular formula is C9H19N3O3. The molecule has 0 radical (unpaired) electrons. The highest BCUT2D eigenvalue weighted by atomic mass is 16.5. The number of rotatable bonds is 7. The molecule has 0 aliphatic rings. The Labute approximate surface area is 89.7 Å². The summed E-state index contributed by atoms with van der Waals surface area (Å²) in [5.74, 6) is 0.0442. The molecule has 0 saturated heterocycles. The summed E-state index contributed by atoms with van der Waals surface area (Å²) in [6.45, 7) is 5.34. The number of hydrogen-bond acceptors (Lipinski definition) is 4. The zero-order chi connectivity index (χ0) is 11.7. The first-order chi connectivity index (χ1) is 7.15. The van der Waals surface area contributed by atoms with E-state index >= 15 is 0 Å². The van der Waals surface area contributed by atoms with Gasteiger partial charge in [0.25, 0.3) is 0 Å². The van der Waals surface area contributed by atoms with Gasteiger partial charge >= 0.3 is 0 Å². The average molecular weight is 217 g/mol. The lowest BCUT2D eigenvalue weighted by atomic mass is 10.3. The summed E-state index contributed by atoms with van der Waals surface area (Å²) in [5.41, 5.74) is 5.31. The van der Waals surface area contributed by atoms with Crippen molar-refractivity contribution in [2.45, 2.75) is 20.3 Å². The molecule has 0 heterocycles. The molecule has 0 saturated carbocycles. The van der Waals surface area contributed by atoms with Crippen LogP contribution >= 0.6 is 0 Å². The van der Waals surface area contributed by atoms with E-state index in [1.165, 1.54) is 0 Å². The maximum atomic E-state index is 11.5. The van der Waals surface area contributed by atoms with Crippen molar-refractivity contribution >= 4 is 11.7 Å². The summed E-state index contributed by atoms with van der Waals surface area (Å²) < 4.78 is 5.01. The molecule has 0 aromatic carbocycles. The van der Waals surface area contributed by atoms with Gasteiger partial charge in [-0.3, -0.25) is 4.79 Å². The largest absolute Gasteiger partial charge is 0.409 e. The highest BCUT2D eigenvalue weighted by molar-refractivity contribution is 5.81. The number of carbonyl (C=O) groups is 1. The zero-order valence-electron chi connectivity index (χ0n) is 9.27. The van der Waals surface area contributed by atoms with Gasteiger partial charge < -0.3 is 20.6 Å². The Morgan fingerprint density at radius 2 is 2.20 bits per heavy atom. The monoisotopic (exact) mass is 217 g/mol. The van der Waals surface area contributed by atoms with Crippen LogP contribution in [0.2, 0.25) is 0 Å². The van der Waals surface area contributed by atoms with Gasteiger partial charge in [0.05, 0.1) is 0 Å². The van der Waals surface area contributed by atoms with Crippen LogP contribution in [0.5, 0.6) is 0 Å². The van der Waals surface area contributed by atoms with Crippen LogP contribution in [0.4, 0.5) is 0 Å². The predicted molar refractivity (Wildman–Crippen MR) is 56.8 cm³/mol. The number of ether oxygens (including phenoxy) is 1. The Morgan fingerprint density at radius 3 is 2.67 bits per heavy atom. The normalized spacial score (nSPS) is 11.5. The molecule has 0 bridgehead atoms. The molecule has 0 aliphatic carbocycles. The van der Waals surface area contributed by atoms with E-state index in [4.69, 9.17) is 15.7 Å². The van der Waals surface area contributed by atoms with Gasteiger partial charge in [-0.15, -0.1) is 0 Å². The van der Waals surface area contributed by atoms with Crippen LogP contribution < -0.4 is 5.73 Å². The van der Waals surface area contributed by atoms with Crippen molar-refractivity contribution in [2.24, 2.45) is 10.9 Å². The Balaban J connectivity index is 3.95. The minimum Gasteiger partial charge on any atom is -0.409 e. The van der Waals surface area contributed by atoms with Gasteiger partial charge in [-0.1, -0.05) is 5.16 Å². The van der Waals surface area contributed by atoms with E-state index in [1.807, 2.05) is 13.8 Å². The summed E-state index contributed by atoms with van der Waals surface area (Å²) >= 11 is 0. The lowest BCUT2D eigenvalue weighted by Gasteiger charge is -2.20. The van der Waals surface area contributed by atoms with E-state index < -0.39 is 0 Å². The fourth-order valence-electron chi connectivity index (χ4n) is 1.04. The molecule has 3 N–H and O–H groups in total. The number of oxime groups is 1. The van der Waals surface area contributed by atoms with E-state index in [1.54, 1.807) is 4.90 Å². The van der Waals surface area contributed by atoms with Crippen molar-refractivity contribution in [3.63, 3.8) is 0 Å². The van der Waals surface area contributed by atoms with Crippen LogP contribution in [0.3, 0.4) is 0 Å². The van der Waals surface area contributed by atoms with Crippen molar-refractivity contribution in [3.05, 3.63) is 0 Å². The smallest absolute Gasteiger partial charge is 0.248 e. The third-order valence-electron chi connectivity index (χ3n) is 1.93. The molecule has 6 heteroatoms. The molecule has 0 spiro atoms. The van der Waals surface area contributed by atoms with Crippen molar-refractivity contribution in [1.82, 2.24) is 4.90 Å². The maximum Gasteiger partial charge on any atom is 0.248 e. The maximum absolute atomic E-state index is 11.5. The molecule has 0 rings (SSSR count). The van der Waals surface area contributed by atoms with Crippen molar-refractivity contribution in [2.75, 3.05) is 26.3 Å². The van der Waals surface area contributed by atoms with Gasteiger partial charge in [-0.2, -0.15) is 0 Å². The van der Waals surface area contributed by atoms with Crippen molar-refractivity contribution < 1.29 is 14.7 Å². The SMILES string of the molecule is CCOCC(=O)N(CC)CCC(N)=NO. The van der Waals surface area contributed by atoms with Gasteiger partial charge in [-0.05, 0) is 13.8 Å². The van der Waals surface area contributed by atoms with Gasteiger partial charge in [-0.25, -0.2) is 0 Å². The van der Waals surface area contributed by atoms with E-state index in [-0.39, 0.29) is 18.3 Å². The van der Waals surface area contributed by atoms with Crippen molar-refractivity contribution in [3.8, 4) is 0 Å². The molecule has 0 aromatic heterocycles. The van der Waals surface area contributed by atoms with Crippen LogP contribution in [-0.2, 0) is 9.53 Å². The standard InChI is InChI=1S/C9H19N3O3/c1-3-12(6-5-8(10)11-14)9(13)7-15-4-2/h14H,3-7H2,1-2H3,(H2,10,11). The van der Waals surface area contributed by atoms with Gasteiger partial charge in [0.1, 0.15) is 12.4 Å². The molecule has 0 fully saturated rings. The van der Waals surface area contributed by atoms with Gasteiger partial charge in [0, 0.05) is 26.1 Å². The Hall–Kier alpha value is -1.30. The molecule has 15 heavy (non-hydrogen) atoms. The molecule has 0 aromatic rings. The molecule has 1 amide bonds. The quantitative estimate of drug-likeness (QED) is 0.272. The third-order valence-corrected chi connectivity index (χ3v) is 1.93. The second kappa shape index (κ2) is 8.05. The third kappa shape index (κ3) is 5.90. The first kappa shape index (κ1) is 13.7. The fourth-order valence-corrected chi connectivity index (χ4v) is 1.04. The first-order valence-electron chi connectivity index (χ1n) is 4.97. The Kier molecular flexibility index (Phi) is 7.35. The van der Waals surface area contributed by atoms with Crippen LogP contribution in [0, 0.1) is 0 Å².